The van der Waals surface area contributed by atoms with Crippen molar-refractivity contribution in [1.82, 2.24) is 15.0 Å². The second-order valence-electron chi connectivity index (χ2n) is 8.54. The zero-order valence-corrected chi connectivity index (χ0v) is 20.4. The van der Waals surface area contributed by atoms with Crippen molar-refractivity contribution in [1.29, 1.82) is 0 Å². The number of rotatable bonds is 7. The number of aliphatic hydroxyl groups excluding tert-OH is 2. The molecule has 2 unspecified atom stereocenters. The molecule has 0 aliphatic rings. The summed E-state index contributed by atoms with van der Waals surface area (Å²) >= 11 is 6.53. The van der Waals surface area contributed by atoms with E-state index in [1.807, 2.05) is 0 Å². The third-order valence-corrected chi connectivity index (χ3v) is 6.32. The van der Waals surface area contributed by atoms with Gasteiger partial charge in [-0.15, -0.1) is 0 Å². The lowest BCUT2D eigenvalue weighted by Crippen LogP contribution is -2.21. The van der Waals surface area contributed by atoms with Crippen LogP contribution in [0.2, 0.25) is 5.02 Å². The molecule has 0 saturated heterocycles. The number of nitrogens with one attached hydrogen (secondary N) is 1. The Labute approximate surface area is 210 Å². The molecule has 6 nitrogen and oxygen atoms in total. The number of nitrogens with zero attached hydrogens (tertiary/aromatic N) is 3. The Morgan fingerprint density at radius 1 is 0.944 bits per heavy atom. The zero-order valence-electron chi connectivity index (χ0n) is 19.7. The van der Waals surface area contributed by atoms with Gasteiger partial charge in [0.2, 0.25) is 0 Å². The highest BCUT2D eigenvalue weighted by Crippen LogP contribution is 2.39. The second kappa shape index (κ2) is 10.4. The molecule has 2 heterocycles. The van der Waals surface area contributed by atoms with Gasteiger partial charge in [0, 0.05) is 28.9 Å². The maximum Gasteiger partial charge on any atom is 0.262 e. The summed E-state index contributed by atoms with van der Waals surface area (Å²) in [5.41, 5.74) is 2.40. The Morgan fingerprint density at radius 2 is 1.64 bits per heavy atom. The van der Waals surface area contributed by atoms with Crippen LogP contribution in [0.15, 0.2) is 48.8 Å². The number of hydrogen-bond donors (Lipinski definition) is 3. The van der Waals surface area contributed by atoms with Crippen LogP contribution in [0.4, 0.5) is 18.9 Å². The Bertz CT molecular complexity index is 1400. The highest BCUT2D eigenvalue weighted by molar-refractivity contribution is 6.35. The molecule has 3 N–H and O–H groups in total. The monoisotopic (exact) mass is 516 g/mol. The van der Waals surface area contributed by atoms with Crippen LogP contribution in [0.1, 0.15) is 54.7 Å². The number of hydrogen-bond acceptors (Lipinski definition) is 6. The SMILES string of the molecule is Cc1nc2ccc(-c3cnc(C(C)O)nc3)cc2c(N[C@@H](c2cc(C(C)O)ccc2F)C(F)F)c1Cl. The second-order valence-corrected chi connectivity index (χ2v) is 8.92. The average molecular weight is 517 g/mol. The molecule has 2 aromatic heterocycles. The molecule has 2 aromatic carbocycles. The van der Waals surface area contributed by atoms with Gasteiger partial charge in [0.15, 0.2) is 5.82 Å². The van der Waals surface area contributed by atoms with Gasteiger partial charge in [0.05, 0.1) is 28.0 Å². The van der Waals surface area contributed by atoms with E-state index in [9.17, 15) is 23.4 Å². The van der Waals surface area contributed by atoms with Crippen LogP contribution in [0.25, 0.3) is 22.0 Å². The average Bonchev–Trinajstić information content (AvgIpc) is 2.84. The number of aryl methyl sites for hydroxylation is 1. The Morgan fingerprint density at radius 3 is 2.25 bits per heavy atom. The summed E-state index contributed by atoms with van der Waals surface area (Å²) in [6.07, 6.45) is -1.68. The number of alkyl halides is 2. The maximum absolute atomic E-state index is 14.7. The van der Waals surface area contributed by atoms with Gasteiger partial charge in [-0.1, -0.05) is 23.7 Å². The van der Waals surface area contributed by atoms with Crippen LogP contribution < -0.4 is 5.32 Å². The Kier molecular flexibility index (Phi) is 7.44. The molecule has 4 aromatic rings. The van der Waals surface area contributed by atoms with E-state index >= 15 is 0 Å². The summed E-state index contributed by atoms with van der Waals surface area (Å²) < 4.78 is 43.2. The number of pyridine rings is 1. The quantitative estimate of drug-likeness (QED) is 0.266. The smallest absolute Gasteiger partial charge is 0.262 e. The van der Waals surface area contributed by atoms with Crippen molar-refractivity contribution in [3.05, 3.63) is 82.3 Å². The molecule has 0 radical (unpaired) electrons. The first kappa shape index (κ1) is 25.8. The van der Waals surface area contributed by atoms with Crippen LogP contribution in [-0.4, -0.2) is 31.6 Å². The molecule has 188 valence electrons. The van der Waals surface area contributed by atoms with E-state index in [1.54, 1.807) is 44.4 Å². The van der Waals surface area contributed by atoms with Crippen LogP contribution in [-0.2, 0) is 0 Å². The number of benzene rings is 2. The molecule has 3 atom stereocenters. The van der Waals surface area contributed by atoms with E-state index in [0.717, 1.165) is 6.07 Å². The summed E-state index contributed by atoms with van der Waals surface area (Å²) in [6, 6.07) is 7.09. The van der Waals surface area contributed by atoms with Gasteiger partial charge >= 0.3 is 0 Å². The molecule has 0 spiro atoms. The lowest BCUT2D eigenvalue weighted by Gasteiger charge is -2.23. The van der Waals surface area contributed by atoms with Gasteiger partial charge in [-0.05, 0) is 56.2 Å². The fourth-order valence-electron chi connectivity index (χ4n) is 3.88. The third-order valence-electron chi connectivity index (χ3n) is 5.86. The topological polar surface area (TPSA) is 91.2 Å². The number of aromatic nitrogens is 3. The fraction of sp³-hybridized carbons (Fsp3) is 0.269. The van der Waals surface area contributed by atoms with Crippen molar-refractivity contribution in [2.24, 2.45) is 0 Å². The minimum Gasteiger partial charge on any atom is -0.389 e. The highest BCUT2D eigenvalue weighted by atomic mass is 35.5. The Hall–Kier alpha value is -3.27. The summed E-state index contributed by atoms with van der Waals surface area (Å²) in [5, 5.41) is 22.8. The van der Waals surface area contributed by atoms with Crippen LogP contribution >= 0.6 is 11.6 Å². The lowest BCUT2D eigenvalue weighted by molar-refractivity contribution is 0.122. The van der Waals surface area contributed by atoms with Crippen molar-refractivity contribution in [3.8, 4) is 11.1 Å². The van der Waals surface area contributed by atoms with Crippen molar-refractivity contribution >= 4 is 28.2 Å². The maximum atomic E-state index is 14.7. The molecule has 36 heavy (non-hydrogen) atoms. The van der Waals surface area contributed by atoms with Gasteiger partial charge in [0.1, 0.15) is 18.0 Å². The van der Waals surface area contributed by atoms with Gasteiger partial charge in [-0.2, -0.15) is 0 Å². The molecule has 0 aliphatic carbocycles. The standard InChI is InChI=1S/C26H24ClF3N4O2/c1-12-22(27)23(34-24(25(29)30)18-8-15(13(2)35)4-6-20(18)28)19-9-16(5-7-21(19)33-12)17-10-31-26(14(3)36)32-11-17/h4-11,13-14,24-25,35-36H,1-3H3,(H,33,34)/t13?,14?,24-/m0/s1. The zero-order chi connectivity index (χ0) is 26.1. The lowest BCUT2D eigenvalue weighted by atomic mass is 9.99. The molecule has 4 rings (SSSR count). The predicted molar refractivity (Wildman–Crippen MR) is 133 cm³/mol. The number of fused-ring (bicyclic) bond motifs is 1. The molecule has 0 bridgehead atoms. The fourth-order valence-corrected chi connectivity index (χ4v) is 4.08. The van der Waals surface area contributed by atoms with Crippen molar-refractivity contribution in [2.45, 2.75) is 45.4 Å². The summed E-state index contributed by atoms with van der Waals surface area (Å²) in [5.74, 6) is -0.567. The molecule has 10 heteroatoms. The van der Waals surface area contributed by atoms with Gasteiger partial charge in [-0.25, -0.2) is 23.1 Å². The summed E-state index contributed by atoms with van der Waals surface area (Å²) in [6.45, 7) is 4.67. The van der Waals surface area contributed by atoms with E-state index in [2.05, 4.69) is 20.3 Å². The molecular formula is C26H24ClF3N4O2. The molecule has 0 aliphatic heterocycles. The minimum atomic E-state index is -2.99. The Balaban J connectivity index is 1.84. The normalized spacial score (nSPS) is 14.2. The summed E-state index contributed by atoms with van der Waals surface area (Å²) in [4.78, 5) is 12.8. The molecule has 0 fully saturated rings. The first-order chi connectivity index (χ1) is 17.1. The van der Waals surface area contributed by atoms with Gasteiger partial charge in [-0.3, -0.25) is 4.98 Å². The molecule has 0 amide bonds. The van der Waals surface area contributed by atoms with E-state index in [1.165, 1.54) is 19.1 Å². The van der Waals surface area contributed by atoms with Gasteiger partial charge in [0.25, 0.3) is 6.43 Å². The first-order valence-electron chi connectivity index (χ1n) is 11.2. The van der Waals surface area contributed by atoms with Gasteiger partial charge < -0.3 is 15.5 Å². The number of halogens is 4. The third kappa shape index (κ3) is 5.13. The molecular weight excluding hydrogens is 493 g/mol. The summed E-state index contributed by atoms with van der Waals surface area (Å²) in [7, 11) is 0. The van der Waals surface area contributed by atoms with E-state index < -0.39 is 30.5 Å². The van der Waals surface area contributed by atoms with E-state index in [4.69, 9.17) is 11.6 Å². The first-order valence-corrected chi connectivity index (χ1v) is 11.6. The highest BCUT2D eigenvalue weighted by Gasteiger charge is 2.28. The van der Waals surface area contributed by atoms with Crippen LogP contribution in [0.5, 0.6) is 0 Å². The largest absolute Gasteiger partial charge is 0.389 e. The van der Waals surface area contributed by atoms with E-state index in [-0.39, 0.29) is 22.1 Å². The number of anilines is 1. The minimum absolute atomic E-state index is 0.123. The van der Waals surface area contributed by atoms with Crippen LogP contribution in [0, 0.1) is 12.7 Å². The van der Waals surface area contributed by atoms with Crippen molar-refractivity contribution in [3.63, 3.8) is 0 Å². The van der Waals surface area contributed by atoms with Crippen molar-refractivity contribution < 1.29 is 23.4 Å². The predicted octanol–water partition coefficient (Wildman–Crippen LogP) is 6.32. The van der Waals surface area contributed by atoms with Crippen molar-refractivity contribution in [2.75, 3.05) is 5.32 Å². The number of aliphatic hydroxyl groups is 2. The van der Waals surface area contributed by atoms with E-state index in [0.29, 0.717) is 33.3 Å². The van der Waals surface area contributed by atoms with Crippen LogP contribution in [0.3, 0.4) is 0 Å². The molecule has 0 saturated carbocycles.